The fraction of sp³-hybridized carbons (Fsp3) is 0.125. The van der Waals surface area contributed by atoms with E-state index in [4.69, 9.17) is 5.11 Å². The predicted molar refractivity (Wildman–Crippen MR) is 47.1 cm³/mol. The first kappa shape index (κ1) is 9.97. The van der Waals surface area contributed by atoms with Gasteiger partial charge in [0.2, 0.25) is 0 Å². The molecule has 0 saturated carbocycles. The van der Waals surface area contributed by atoms with Gasteiger partial charge in [-0.2, -0.15) is 0 Å². The summed E-state index contributed by atoms with van der Waals surface area (Å²) in [7, 11) is 1.28. The third kappa shape index (κ3) is 1.63. The molecule has 0 fully saturated rings. The Labute approximate surface area is 78.7 Å². The van der Waals surface area contributed by atoms with Crippen LogP contribution in [0.25, 0.3) is 0 Å². The quantitative estimate of drug-likeness (QED) is 0.715. The molecule has 0 aliphatic carbocycles. The molecule has 6 nitrogen and oxygen atoms in total. The van der Waals surface area contributed by atoms with Gasteiger partial charge in [0.15, 0.2) is 11.5 Å². The van der Waals surface area contributed by atoms with E-state index < -0.39 is 5.97 Å². The van der Waals surface area contributed by atoms with Crippen LogP contribution in [0.3, 0.4) is 0 Å². The molecule has 1 rings (SSSR count). The maximum Gasteiger partial charge on any atom is 0.338 e. The molecule has 6 heteroatoms. The first-order chi connectivity index (χ1) is 6.60. The number of carboxylic acid groups (broad SMARTS) is 1. The van der Waals surface area contributed by atoms with Gasteiger partial charge in [0.1, 0.15) is 5.69 Å². The molecule has 0 heterocycles. The summed E-state index contributed by atoms with van der Waals surface area (Å²) < 4.78 is 4.68. The van der Waals surface area contributed by atoms with Gasteiger partial charge in [-0.3, -0.25) is 0 Å². The maximum absolute atomic E-state index is 10.6. The lowest BCUT2D eigenvalue weighted by Crippen LogP contribution is -1.97. The number of phenols is 1. The third-order valence-electron chi connectivity index (χ3n) is 1.63. The normalized spacial score (nSPS) is 9.50. The lowest BCUT2D eigenvalue weighted by Gasteiger charge is -2.05. The average molecular weight is 197 g/mol. The summed E-state index contributed by atoms with van der Waals surface area (Å²) in [6, 6.07) is 1.98. The van der Waals surface area contributed by atoms with E-state index in [9.17, 15) is 14.8 Å². The van der Waals surface area contributed by atoms with Crippen LogP contribution in [-0.2, 0) is 0 Å². The van der Waals surface area contributed by atoms with Crippen molar-refractivity contribution in [3.05, 3.63) is 22.6 Å². The standard InChI is InChI=1S/C8H7NO5/c1-14-7-3-5(9-13)4(8(11)12)2-6(7)10/h2-3,10H,1H3,(H,11,12). The second kappa shape index (κ2) is 3.73. The number of benzene rings is 1. The van der Waals surface area contributed by atoms with Gasteiger partial charge in [0.05, 0.1) is 12.7 Å². The summed E-state index contributed by atoms with van der Waals surface area (Å²) in [5.74, 6) is -1.68. The number of carboxylic acids is 1. The Morgan fingerprint density at radius 1 is 1.50 bits per heavy atom. The van der Waals surface area contributed by atoms with Crippen molar-refractivity contribution in [3.8, 4) is 11.5 Å². The number of methoxy groups -OCH3 is 1. The van der Waals surface area contributed by atoms with Crippen LogP contribution in [0, 0.1) is 4.91 Å². The van der Waals surface area contributed by atoms with Gasteiger partial charge in [-0.05, 0) is 5.18 Å². The van der Waals surface area contributed by atoms with Gasteiger partial charge >= 0.3 is 5.97 Å². The third-order valence-corrected chi connectivity index (χ3v) is 1.63. The topological polar surface area (TPSA) is 96.2 Å². The van der Waals surface area contributed by atoms with Gasteiger partial charge < -0.3 is 14.9 Å². The number of nitroso groups, excluding NO2 is 1. The summed E-state index contributed by atoms with van der Waals surface area (Å²) in [6.07, 6.45) is 0. The van der Waals surface area contributed by atoms with Gasteiger partial charge in [-0.1, -0.05) is 0 Å². The molecule has 0 amide bonds. The first-order valence-corrected chi connectivity index (χ1v) is 3.57. The minimum Gasteiger partial charge on any atom is -0.504 e. The number of nitrogens with zero attached hydrogens (tertiary/aromatic N) is 1. The van der Waals surface area contributed by atoms with Crippen LogP contribution in [0.5, 0.6) is 11.5 Å². The van der Waals surface area contributed by atoms with Gasteiger partial charge in [-0.15, -0.1) is 4.91 Å². The van der Waals surface area contributed by atoms with E-state index in [0.717, 1.165) is 12.1 Å². The van der Waals surface area contributed by atoms with Gasteiger partial charge in [-0.25, -0.2) is 4.79 Å². The molecule has 0 spiro atoms. The molecule has 0 unspecified atom stereocenters. The fourth-order valence-electron chi connectivity index (χ4n) is 0.968. The highest BCUT2D eigenvalue weighted by Crippen LogP contribution is 2.33. The molecule has 0 atom stereocenters. The van der Waals surface area contributed by atoms with E-state index in [1.165, 1.54) is 7.11 Å². The molecule has 1 aromatic carbocycles. The molecule has 2 N–H and O–H groups in total. The Morgan fingerprint density at radius 3 is 2.57 bits per heavy atom. The molecule has 0 bridgehead atoms. The number of hydrogen-bond acceptors (Lipinski definition) is 5. The van der Waals surface area contributed by atoms with Crippen LogP contribution in [0.1, 0.15) is 10.4 Å². The largest absolute Gasteiger partial charge is 0.504 e. The van der Waals surface area contributed by atoms with Crippen LogP contribution >= 0.6 is 0 Å². The van der Waals surface area contributed by atoms with Crippen molar-refractivity contribution in [3.63, 3.8) is 0 Å². The summed E-state index contributed by atoms with van der Waals surface area (Å²) >= 11 is 0. The molecule has 14 heavy (non-hydrogen) atoms. The Morgan fingerprint density at radius 2 is 2.14 bits per heavy atom. The highest BCUT2D eigenvalue weighted by atomic mass is 16.5. The molecule has 74 valence electrons. The fourth-order valence-corrected chi connectivity index (χ4v) is 0.968. The monoisotopic (exact) mass is 197 g/mol. The van der Waals surface area contributed by atoms with Crippen molar-refractivity contribution >= 4 is 11.7 Å². The zero-order chi connectivity index (χ0) is 10.7. The molecular weight excluding hydrogens is 190 g/mol. The van der Waals surface area contributed by atoms with Crippen LogP contribution < -0.4 is 4.74 Å². The Bertz CT molecular complexity index is 388. The zero-order valence-corrected chi connectivity index (χ0v) is 7.22. The van der Waals surface area contributed by atoms with Crippen LogP contribution in [0.15, 0.2) is 17.3 Å². The van der Waals surface area contributed by atoms with E-state index in [0.29, 0.717) is 0 Å². The lowest BCUT2D eigenvalue weighted by molar-refractivity contribution is 0.0697. The average Bonchev–Trinajstić information content (AvgIpc) is 2.17. The summed E-state index contributed by atoms with van der Waals surface area (Å²) in [6.45, 7) is 0. The SMILES string of the molecule is COc1cc(N=O)c(C(=O)O)cc1O. The predicted octanol–water partition coefficient (Wildman–Crippen LogP) is 1.50. The van der Waals surface area contributed by atoms with Crippen molar-refractivity contribution in [2.24, 2.45) is 5.18 Å². The highest BCUT2D eigenvalue weighted by Gasteiger charge is 2.15. The molecule has 0 saturated heterocycles. The number of rotatable bonds is 3. The van der Waals surface area contributed by atoms with Crippen LogP contribution in [0.2, 0.25) is 0 Å². The van der Waals surface area contributed by atoms with Crippen LogP contribution in [-0.4, -0.2) is 23.3 Å². The molecule has 0 aliphatic heterocycles. The van der Waals surface area contributed by atoms with E-state index in [-0.39, 0.29) is 22.7 Å². The smallest absolute Gasteiger partial charge is 0.338 e. The minimum atomic E-state index is -1.34. The Hall–Kier alpha value is -2.11. The maximum atomic E-state index is 10.6. The van der Waals surface area contributed by atoms with E-state index in [2.05, 4.69) is 9.91 Å². The van der Waals surface area contributed by atoms with E-state index >= 15 is 0 Å². The number of aromatic carboxylic acids is 1. The van der Waals surface area contributed by atoms with Gasteiger partial charge in [0, 0.05) is 12.1 Å². The number of aromatic hydroxyl groups is 1. The second-order valence-corrected chi connectivity index (χ2v) is 2.44. The summed E-state index contributed by atoms with van der Waals surface area (Å²) in [5.41, 5.74) is -0.648. The molecule has 0 aliphatic rings. The number of hydrogen-bond donors (Lipinski definition) is 2. The number of phenolic OH excluding ortho intramolecular Hbond substituents is 1. The zero-order valence-electron chi connectivity index (χ0n) is 7.22. The summed E-state index contributed by atoms with van der Waals surface area (Å²) in [4.78, 5) is 20.8. The van der Waals surface area contributed by atoms with Crippen molar-refractivity contribution in [2.75, 3.05) is 7.11 Å². The Balaban J connectivity index is 3.38. The molecular formula is C8H7NO5. The molecule has 1 aromatic rings. The summed E-state index contributed by atoms with van der Waals surface area (Å²) in [5, 5.41) is 20.4. The van der Waals surface area contributed by atoms with Crippen molar-refractivity contribution < 1.29 is 19.7 Å². The Kier molecular flexibility index (Phi) is 2.66. The first-order valence-electron chi connectivity index (χ1n) is 3.57. The number of carbonyl (C=O) groups is 1. The number of ether oxygens (including phenoxy) is 1. The minimum absolute atomic E-state index is 0.00426. The van der Waals surface area contributed by atoms with Crippen molar-refractivity contribution in [1.82, 2.24) is 0 Å². The second-order valence-electron chi connectivity index (χ2n) is 2.44. The van der Waals surface area contributed by atoms with Crippen molar-refractivity contribution in [1.29, 1.82) is 0 Å². The lowest BCUT2D eigenvalue weighted by atomic mass is 10.1. The van der Waals surface area contributed by atoms with E-state index in [1.807, 2.05) is 0 Å². The highest BCUT2D eigenvalue weighted by molar-refractivity contribution is 5.94. The van der Waals surface area contributed by atoms with Crippen LogP contribution in [0.4, 0.5) is 5.69 Å². The van der Waals surface area contributed by atoms with E-state index in [1.54, 1.807) is 0 Å². The van der Waals surface area contributed by atoms with Crippen molar-refractivity contribution in [2.45, 2.75) is 0 Å². The molecule has 0 radical (unpaired) electrons. The molecule has 0 aromatic heterocycles. The van der Waals surface area contributed by atoms with Gasteiger partial charge in [0.25, 0.3) is 0 Å².